The first kappa shape index (κ1) is 10.7. The molecular weight excluding hydrogens is 160 g/mol. The fraction of sp³-hybridized carbons (Fsp3) is 0.500. The molecule has 4 nitrogen and oxygen atoms in total. The Hall–Kier alpha value is -1.32. The number of hydrogen-bond donors (Lipinski definition) is 1. The smallest absolute Gasteiger partial charge is 0.330 e. The van der Waals surface area contributed by atoms with Crippen LogP contribution in [-0.4, -0.2) is 23.7 Å². The number of rotatable bonds is 5. The van der Waals surface area contributed by atoms with Crippen LogP contribution in [0, 0.1) is 0 Å². The summed E-state index contributed by atoms with van der Waals surface area (Å²) in [5.41, 5.74) is 0. The number of carbonyl (C=O) groups is 2. The molecule has 68 valence electrons. The molecule has 0 radical (unpaired) electrons. The Morgan fingerprint density at radius 2 is 2.17 bits per heavy atom. The lowest BCUT2D eigenvalue weighted by Crippen LogP contribution is -1.99. The molecule has 0 saturated heterocycles. The Kier molecular flexibility index (Phi) is 5.69. The zero-order valence-electron chi connectivity index (χ0n) is 6.95. The third-order valence-electron chi connectivity index (χ3n) is 1.07. The summed E-state index contributed by atoms with van der Waals surface area (Å²) in [5, 5.41) is 8.23. The van der Waals surface area contributed by atoms with Gasteiger partial charge in [-0.1, -0.05) is 6.08 Å². The van der Waals surface area contributed by atoms with E-state index in [1.165, 1.54) is 12.2 Å². The Morgan fingerprint density at radius 1 is 1.50 bits per heavy atom. The molecule has 1 N–H and O–H groups in total. The summed E-state index contributed by atoms with van der Waals surface area (Å²) in [6, 6.07) is 0. The molecule has 0 aromatic heterocycles. The SMILES string of the molecule is CCOC(=O)/C=C/CCC(=O)O. The van der Waals surface area contributed by atoms with Crippen LogP contribution < -0.4 is 0 Å². The van der Waals surface area contributed by atoms with Gasteiger partial charge in [0.25, 0.3) is 0 Å². The lowest BCUT2D eigenvalue weighted by atomic mass is 10.3. The molecule has 0 fully saturated rings. The van der Waals surface area contributed by atoms with Crippen LogP contribution in [0.5, 0.6) is 0 Å². The molecule has 4 heteroatoms. The number of allylic oxidation sites excluding steroid dienone is 1. The quantitative estimate of drug-likeness (QED) is 0.495. The van der Waals surface area contributed by atoms with Gasteiger partial charge in [-0.3, -0.25) is 4.79 Å². The number of carbonyl (C=O) groups excluding carboxylic acids is 1. The maximum atomic E-state index is 10.6. The van der Waals surface area contributed by atoms with Crippen LogP contribution in [0.1, 0.15) is 19.8 Å². The van der Waals surface area contributed by atoms with Crippen molar-refractivity contribution in [2.45, 2.75) is 19.8 Å². The number of carboxylic acids is 1. The van der Waals surface area contributed by atoms with Crippen LogP contribution in [0.15, 0.2) is 12.2 Å². The van der Waals surface area contributed by atoms with E-state index >= 15 is 0 Å². The molecule has 0 bridgehead atoms. The van der Waals surface area contributed by atoms with Crippen LogP contribution in [0.25, 0.3) is 0 Å². The van der Waals surface area contributed by atoms with Crippen molar-refractivity contribution in [3.05, 3.63) is 12.2 Å². The molecule has 0 aliphatic rings. The number of hydrogen-bond acceptors (Lipinski definition) is 3. The van der Waals surface area contributed by atoms with E-state index in [9.17, 15) is 9.59 Å². The van der Waals surface area contributed by atoms with Gasteiger partial charge in [-0.2, -0.15) is 0 Å². The number of carboxylic acid groups (broad SMARTS) is 1. The minimum absolute atomic E-state index is 0.0376. The van der Waals surface area contributed by atoms with E-state index in [2.05, 4.69) is 4.74 Å². The zero-order chi connectivity index (χ0) is 9.40. The van der Waals surface area contributed by atoms with E-state index in [-0.39, 0.29) is 6.42 Å². The highest BCUT2D eigenvalue weighted by molar-refractivity contribution is 5.81. The molecule has 0 spiro atoms. The van der Waals surface area contributed by atoms with E-state index in [0.717, 1.165) is 0 Å². The average Bonchev–Trinajstić information content (AvgIpc) is 1.98. The molecule has 0 aliphatic carbocycles. The maximum absolute atomic E-state index is 10.6. The molecule has 0 aromatic carbocycles. The highest BCUT2D eigenvalue weighted by atomic mass is 16.5. The Bertz CT molecular complexity index is 183. The van der Waals surface area contributed by atoms with Gasteiger partial charge in [-0.25, -0.2) is 4.79 Å². The van der Waals surface area contributed by atoms with Gasteiger partial charge in [0.1, 0.15) is 0 Å². The van der Waals surface area contributed by atoms with E-state index in [1.54, 1.807) is 6.92 Å². The molecule has 0 rings (SSSR count). The standard InChI is InChI=1S/C8H12O4/c1-2-12-8(11)6-4-3-5-7(9)10/h4,6H,2-3,5H2,1H3,(H,9,10)/b6-4+. The lowest BCUT2D eigenvalue weighted by molar-refractivity contribution is -0.138. The van der Waals surface area contributed by atoms with Gasteiger partial charge in [0.05, 0.1) is 6.61 Å². The van der Waals surface area contributed by atoms with E-state index < -0.39 is 11.9 Å². The van der Waals surface area contributed by atoms with Crippen LogP contribution in [0.3, 0.4) is 0 Å². The van der Waals surface area contributed by atoms with Gasteiger partial charge in [-0.15, -0.1) is 0 Å². The van der Waals surface area contributed by atoms with Crippen LogP contribution >= 0.6 is 0 Å². The first-order chi connectivity index (χ1) is 5.66. The van der Waals surface area contributed by atoms with Gasteiger partial charge >= 0.3 is 11.9 Å². The lowest BCUT2D eigenvalue weighted by Gasteiger charge is -1.93. The minimum atomic E-state index is -0.872. The van der Waals surface area contributed by atoms with Crippen molar-refractivity contribution in [1.82, 2.24) is 0 Å². The van der Waals surface area contributed by atoms with Crippen LogP contribution in [0.4, 0.5) is 0 Å². The van der Waals surface area contributed by atoms with E-state index in [1.807, 2.05) is 0 Å². The number of ether oxygens (including phenoxy) is 1. The number of aliphatic carboxylic acids is 1. The number of esters is 1. The molecule has 0 atom stereocenters. The summed E-state index contributed by atoms with van der Waals surface area (Å²) in [6.07, 6.45) is 3.13. The monoisotopic (exact) mass is 172 g/mol. The van der Waals surface area contributed by atoms with Gasteiger partial charge in [-0.05, 0) is 13.3 Å². The molecule has 0 amide bonds. The van der Waals surface area contributed by atoms with Crippen molar-refractivity contribution in [1.29, 1.82) is 0 Å². The van der Waals surface area contributed by atoms with Gasteiger partial charge in [0.15, 0.2) is 0 Å². The Balaban J connectivity index is 3.48. The molecule has 0 unspecified atom stereocenters. The van der Waals surface area contributed by atoms with Crippen molar-refractivity contribution in [3.63, 3.8) is 0 Å². The normalized spacial score (nSPS) is 10.1. The summed E-state index contributed by atoms with van der Waals surface area (Å²) < 4.78 is 4.58. The predicted molar refractivity (Wildman–Crippen MR) is 42.6 cm³/mol. The van der Waals surface area contributed by atoms with Crippen molar-refractivity contribution in [2.75, 3.05) is 6.61 Å². The van der Waals surface area contributed by atoms with Crippen molar-refractivity contribution in [3.8, 4) is 0 Å². The topological polar surface area (TPSA) is 63.6 Å². The van der Waals surface area contributed by atoms with Gasteiger partial charge < -0.3 is 9.84 Å². The minimum Gasteiger partial charge on any atom is -0.481 e. The van der Waals surface area contributed by atoms with Crippen molar-refractivity contribution < 1.29 is 19.4 Å². The highest BCUT2D eigenvalue weighted by Crippen LogP contribution is 1.91. The summed E-state index contributed by atoms with van der Waals surface area (Å²) in [6.45, 7) is 2.05. The second-order valence-electron chi connectivity index (χ2n) is 2.09. The van der Waals surface area contributed by atoms with Crippen LogP contribution in [0.2, 0.25) is 0 Å². The van der Waals surface area contributed by atoms with E-state index in [4.69, 9.17) is 5.11 Å². The summed E-state index contributed by atoms with van der Waals surface area (Å²) in [7, 11) is 0. The fourth-order valence-electron chi connectivity index (χ4n) is 0.577. The third kappa shape index (κ3) is 6.80. The first-order valence-electron chi connectivity index (χ1n) is 3.72. The molecule has 0 heterocycles. The Morgan fingerprint density at radius 3 is 2.67 bits per heavy atom. The van der Waals surface area contributed by atoms with Gasteiger partial charge in [0.2, 0.25) is 0 Å². The second-order valence-corrected chi connectivity index (χ2v) is 2.09. The summed E-state index contributed by atoms with van der Waals surface area (Å²) in [4.78, 5) is 20.7. The summed E-state index contributed by atoms with van der Waals surface area (Å²) >= 11 is 0. The fourth-order valence-corrected chi connectivity index (χ4v) is 0.577. The molecule has 0 aliphatic heterocycles. The van der Waals surface area contributed by atoms with Crippen molar-refractivity contribution >= 4 is 11.9 Å². The molecule has 0 saturated carbocycles. The molecular formula is C8H12O4. The largest absolute Gasteiger partial charge is 0.481 e. The zero-order valence-corrected chi connectivity index (χ0v) is 6.95. The Labute approximate surface area is 70.8 Å². The average molecular weight is 172 g/mol. The third-order valence-corrected chi connectivity index (χ3v) is 1.07. The molecule has 12 heavy (non-hydrogen) atoms. The van der Waals surface area contributed by atoms with E-state index in [0.29, 0.717) is 13.0 Å². The van der Waals surface area contributed by atoms with Crippen LogP contribution in [-0.2, 0) is 14.3 Å². The predicted octanol–water partition coefficient (Wildman–Crippen LogP) is 0.970. The highest BCUT2D eigenvalue weighted by Gasteiger charge is 1.94. The maximum Gasteiger partial charge on any atom is 0.330 e. The molecule has 0 aromatic rings. The first-order valence-corrected chi connectivity index (χ1v) is 3.72. The van der Waals surface area contributed by atoms with Crippen molar-refractivity contribution in [2.24, 2.45) is 0 Å². The summed E-state index contributed by atoms with van der Waals surface area (Å²) in [5.74, 6) is -1.30. The second kappa shape index (κ2) is 6.39. The van der Waals surface area contributed by atoms with Gasteiger partial charge in [0, 0.05) is 12.5 Å².